The molecule has 3 nitrogen and oxygen atoms in total. The lowest BCUT2D eigenvalue weighted by molar-refractivity contribution is -0.131. The summed E-state index contributed by atoms with van der Waals surface area (Å²) in [6.07, 6.45) is 2.62. The first-order valence-electron chi connectivity index (χ1n) is 5.71. The second-order valence-electron chi connectivity index (χ2n) is 4.01. The standard InChI is InChI=1S/C14H9Br3O3S/c15-9-5-10(21-7-9)6-20-14-11(16)3-8(4-12(14)17)1-2-13(18)19/h1-5,7H,6H2,(H,18,19)/b2-1+. The van der Waals surface area contributed by atoms with Crippen LogP contribution in [-0.2, 0) is 11.4 Å². The first-order valence-corrected chi connectivity index (χ1v) is 8.97. The molecule has 1 heterocycles. The van der Waals surface area contributed by atoms with Gasteiger partial charge in [0.25, 0.3) is 0 Å². The first kappa shape index (κ1) is 16.7. The fourth-order valence-corrected chi connectivity index (χ4v) is 4.37. The van der Waals surface area contributed by atoms with Crippen molar-refractivity contribution in [3.05, 3.63) is 53.5 Å². The minimum absolute atomic E-state index is 0.470. The Balaban J connectivity index is 2.15. The number of carboxylic acid groups (broad SMARTS) is 1. The van der Waals surface area contributed by atoms with Crippen molar-refractivity contribution in [2.24, 2.45) is 0 Å². The molecule has 0 fully saturated rings. The molecule has 0 aliphatic heterocycles. The molecule has 0 atom stereocenters. The van der Waals surface area contributed by atoms with Gasteiger partial charge in [0.2, 0.25) is 0 Å². The number of hydrogen-bond acceptors (Lipinski definition) is 3. The van der Waals surface area contributed by atoms with Gasteiger partial charge in [-0.1, -0.05) is 0 Å². The Kier molecular flexibility index (Phi) is 6.04. The average molecular weight is 497 g/mol. The quantitative estimate of drug-likeness (QED) is 0.539. The van der Waals surface area contributed by atoms with Gasteiger partial charge >= 0.3 is 5.97 Å². The maximum Gasteiger partial charge on any atom is 0.328 e. The zero-order valence-corrected chi connectivity index (χ0v) is 16.1. The number of thiophene rings is 1. The van der Waals surface area contributed by atoms with E-state index < -0.39 is 5.97 Å². The minimum atomic E-state index is -0.981. The molecule has 0 aliphatic rings. The summed E-state index contributed by atoms with van der Waals surface area (Å²) in [5, 5.41) is 10.6. The molecular weight excluding hydrogens is 488 g/mol. The second kappa shape index (κ2) is 7.58. The van der Waals surface area contributed by atoms with Crippen LogP contribution in [0.15, 0.2) is 43.1 Å². The van der Waals surface area contributed by atoms with E-state index >= 15 is 0 Å². The molecule has 0 saturated carbocycles. The molecule has 0 unspecified atom stereocenters. The van der Waals surface area contributed by atoms with Crippen LogP contribution in [0.3, 0.4) is 0 Å². The number of carboxylic acids is 1. The Morgan fingerprint density at radius 1 is 1.24 bits per heavy atom. The van der Waals surface area contributed by atoms with E-state index in [0.717, 1.165) is 29.9 Å². The molecule has 2 rings (SSSR count). The SMILES string of the molecule is O=C(O)/C=C/c1cc(Br)c(OCc2cc(Br)cs2)c(Br)c1. The lowest BCUT2D eigenvalue weighted by atomic mass is 10.2. The summed E-state index contributed by atoms with van der Waals surface area (Å²) in [7, 11) is 0. The van der Waals surface area contributed by atoms with Crippen molar-refractivity contribution in [2.75, 3.05) is 0 Å². The number of hydrogen-bond donors (Lipinski definition) is 1. The van der Waals surface area contributed by atoms with E-state index in [1.54, 1.807) is 11.3 Å². The fourth-order valence-electron chi connectivity index (χ4n) is 1.55. The van der Waals surface area contributed by atoms with Crippen molar-refractivity contribution in [3.8, 4) is 5.75 Å². The molecule has 0 spiro atoms. The maximum atomic E-state index is 10.5. The van der Waals surface area contributed by atoms with E-state index in [0.29, 0.717) is 12.4 Å². The van der Waals surface area contributed by atoms with Crippen LogP contribution in [0.5, 0.6) is 5.75 Å². The van der Waals surface area contributed by atoms with E-state index in [2.05, 4.69) is 47.8 Å². The van der Waals surface area contributed by atoms with Crippen LogP contribution >= 0.6 is 59.1 Å². The Morgan fingerprint density at radius 2 is 1.90 bits per heavy atom. The highest BCUT2D eigenvalue weighted by Gasteiger charge is 2.09. The molecule has 7 heteroatoms. The second-order valence-corrected chi connectivity index (χ2v) is 7.63. The third-order valence-corrected chi connectivity index (χ3v) is 5.27. The number of halogens is 3. The van der Waals surface area contributed by atoms with Crippen molar-refractivity contribution in [1.29, 1.82) is 0 Å². The summed E-state index contributed by atoms with van der Waals surface area (Å²) < 4.78 is 8.37. The van der Waals surface area contributed by atoms with Crippen LogP contribution < -0.4 is 4.74 Å². The van der Waals surface area contributed by atoms with Crippen molar-refractivity contribution < 1.29 is 14.6 Å². The van der Waals surface area contributed by atoms with Gasteiger partial charge in [-0.2, -0.15) is 0 Å². The zero-order valence-electron chi connectivity index (χ0n) is 10.5. The number of rotatable bonds is 5. The van der Waals surface area contributed by atoms with Gasteiger partial charge in [0, 0.05) is 20.8 Å². The average Bonchev–Trinajstić information content (AvgIpc) is 2.81. The maximum absolute atomic E-state index is 10.5. The molecule has 110 valence electrons. The molecule has 0 bridgehead atoms. The predicted molar refractivity (Wildman–Crippen MR) is 94.9 cm³/mol. The van der Waals surface area contributed by atoms with E-state index in [-0.39, 0.29) is 0 Å². The Labute approximate surface area is 151 Å². The number of carbonyl (C=O) groups is 1. The van der Waals surface area contributed by atoms with Crippen molar-refractivity contribution in [2.45, 2.75) is 6.61 Å². The summed E-state index contributed by atoms with van der Waals surface area (Å²) >= 11 is 11.9. The molecule has 0 saturated heterocycles. The predicted octanol–water partition coefficient (Wildman–Crippen LogP) is 5.71. The van der Waals surface area contributed by atoms with Gasteiger partial charge in [-0.05, 0) is 77.6 Å². The molecule has 0 amide bonds. The minimum Gasteiger partial charge on any atom is -0.486 e. The lowest BCUT2D eigenvalue weighted by Crippen LogP contribution is -1.95. The summed E-state index contributed by atoms with van der Waals surface area (Å²) in [5.74, 6) is -0.294. The Hall–Kier alpha value is -0.630. The monoisotopic (exact) mass is 494 g/mol. The molecule has 0 aliphatic carbocycles. The Morgan fingerprint density at radius 3 is 2.43 bits per heavy atom. The van der Waals surface area contributed by atoms with Gasteiger partial charge in [0.1, 0.15) is 12.4 Å². The van der Waals surface area contributed by atoms with E-state index in [1.165, 1.54) is 6.08 Å². The number of benzene rings is 1. The highest BCUT2D eigenvalue weighted by molar-refractivity contribution is 9.11. The summed E-state index contributed by atoms with van der Waals surface area (Å²) in [4.78, 5) is 11.6. The van der Waals surface area contributed by atoms with Crippen molar-refractivity contribution in [1.82, 2.24) is 0 Å². The van der Waals surface area contributed by atoms with Crippen molar-refractivity contribution in [3.63, 3.8) is 0 Å². The molecule has 1 N–H and O–H groups in total. The molecule has 2 aromatic rings. The lowest BCUT2D eigenvalue weighted by Gasteiger charge is -2.10. The number of aliphatic carboxylic acids is 1. The largest absolute Gasteiger partial charge is 0.486 e. The fraction of sp³-hybridized carbons (Fsp3) is 0.0714. The molecule has 1 aromatic carbocycles. The third kappa shape index (κ3) is 4.95. The Bertz CT molecular complexity index is 672. The first-order chi connectivity index (χ1) is 9.95. The van der Waals surface area contributed by atoms with Gasteiger partial charge in [-0.25, -0.2) is 4.79 Å². The highest BCUT2D eigenvalue weighted by Crippen LogP contribution is 2.36. The van der Waals surface area contributed by atoms with Gasteiger partial charge in [-0.15, -0.1) is 11.3 Å². The van der Waals surface area contributed by atoms with Gasteiger partial charge in [-0.3, -0.25) is 0 Å². The van der Waals surface area contributed by atoms with Gasteiger partial charge < -0.3 is 9.84 Å². The topological polar surface area (TPSA) is 46.5 Å². The third-order valence-electron chi connectivity index (χ3n) is 2.42. The van der Waals surface area contributed by atoms with Crippen LogP contribution in [0.2, 0.25) is 0 Å². The zero-order chi connectivity index (χ0) is 15.4. The normalized spacial score (nSPS) is 11.0. The van der Waals surface area contributed by atoms with Crippen LogP contribution in [0.1, 0.15) is 10.4 Å². The smallest absolute Gasteiger partial charge is 0.328 e. The van der Waals surface area contributed by atoms with Crippen LogP contribution in [0.4, 0.5) is 0 Å². The van der Waals surface area contributed by atoms with E-state index in [9.17, 15) is 4.79 Å². The molecule has 21 heavy (non-hydrogen) atoms. The van der Waals surface area contributed by atoms with Crippen LogP contribution in [0, 0.1) is 0 Å². The summed E-state index contributed by atoms with van der Waals surface area (Å²) in [6.45, 7) is 0.470. The van der Waals surface area contributed by atoms with E-state index in [4.69, 9.17) is 9.84 Å². The van der Waals surface area contributed by atoms with Crippen LogP contribution in [-0.4, -0.2) is 11.1 Å². The highest BCUT2D eigenvalue weighted by atomic mass is 79.9. The van der Waals surface area contributed by atoms with E-state index in [1.807, 2.05) is 23.6 Å². The molecular formula is C14H9Br3O3S. The molecule has 1 aromatic heterocycles. The van der Waals surface area contributed by atoms with Gasteiger partial charge in [0.15, 0.2) is 0 Å². The summed E-state index contributed by atoms with van der Waals surface area (Å²) in [6, 6.07) is 5.63. The number of ether oxygens (including phenoxy) is 1. The molecule has 0 radical (unpaired) electrons. The van der Waals surface area contributed by atoms with Gasteiger partial charge in [0.05, 0.1) is 8.95 Å². The summed E-state index contributed by atoms with van der Waals surface area (Å²) in [5.41, 5.74) is 0.766. The van der Waals surface area contributed by atoms with Crippen molar-refractivity contribution >= 4 is 71.2 Å². The van der Waals surface area contributed by atoms with Crippen LogP contribution in [0.25, 0.3) is 6.08 Å².